The van der Waals surface area contributed by atoms with Crippen LogP contribution in [0.1, 0.15) is 43.7 Å². The van der Waals surface area contributed by atoms with Gasteiger partial charge < -0.3 is 5.32 Å². The number of rotatable bonds is 4. The van der Waals surface area contributed by atoms with Crippen molar-refractivity contribution in [3.05, 3.63) is 66.2 Å². The Kier molecular flexibility index (Phi) is 4.89. The Morgan fingerprint density at radius 3 is 2.27 bits per heavy atom. The van der Waals surface area contributed by atoms with Gasteiger partial charge >= 0.3 is 0 Å². The van der Waals surface area contributed by atoms with E-state index in [0.717, 1.165) is 31.4 Å². The van der Waals surface area contributed by atoms with Gasteiger partial charge in [-0.3, -0.25) is 4.79 Å². The van der Waals surface area contributed by atoms with E-state index in [2.05, 4.69) is 41.7 Å². The maximum absolute atomic E-state index is 12.6. The van der Waals surface area contributed by atoms with Gasteiger partial charge in [0.15, 0.2) is 0 Å². The number of Topliss-reactive ketones (excluding diaryl/α,β-unsaturated/α-hetero) is 1. The summed E-state index contributed by atoms with van der Waals surface area (Å²) in [6, 6.07) is 20.6. The zero-order valence-electron chi connectivity index (χ0n) is 12.9. The number of carbonyl (C=O) groups is 1. The predicted octanol–water partition coefficient (Wildman–Crippen LogP) is 4.99. The molecule has 22 heavy (non-hydrogen) atoms. The van der Waals surface area contributed by atoms with Gasteiger partial charge in [-0.25, -0.2) is 0 Å². The summed E-state index contributed by atoms with van der Waals surface area (Å²) in [5.41, 5.74) is 2.28. The molecule has 2 nitrogen and oxygen atoms in total. The molecule has 114 valence electrons. The second-order valence-corrected chi connectivity index (χ2v) is 6.07. The van der Waals surface area contributed by atoms with E-state index in [1.54, 1.807) is 0 Å². The van der Waals surface area contributed by atoms with Gasteiger partial charge in [-0.05, 0) is 30.5 Å². The number of benzene rings is 2. The van der Waals surface area contributed by atoms with Crippen LogP contribution in [0.5, 0.6) is 0 Å². The Bertz CT molecular complexity index is 594. The van der Waals surface area contributed by atoms with Crippen LogP contribution in [0.2, 0.25) is 0 Å². The minimum absolute atomic E-state index is 0.0641. The quantitative estimate of drug-likeness (QED) is 0.805. The normalized spacial score (nSPS) is 20.2. The molecule has 2 heteroatoms. The van der Waals surface area contributed by atoms with Gasteiger partial charge in [-0.2, -0.15) is 0 Å². The monoisotopic (exact) mass is 293 g/mol. The number of nitrogens with one attached hydrogen (secondary N) is 1. The van der Waals surface area contributed by atoms with Gasteiger partial charge in [0, 0.05) is 18.0 Å². The van der Waals surface area contributed by atoms with Crippen molar-refractivity contribution >= 4 is 11.5 Å². The Hall–Kier alpha value is -2.09. The molecule has 0 aliphatic heterocycles. The highest BCUT2D eigenvalue weighted by Crippen LogP contribution is 2.34. The van der Waals surface area contributed by atoms with E-state index in [9.17, 15) is 4.79 Å². The zero-order chi connectivity index (χ0) is 15.2. The van der Waals surface area contributed by atoms with Crippen LogP contribution in [0.15, 0.2) is 60.7 Å². The minimum atomic E-state index is 0.0641. The van der Waals surface area contributed by atoms with Crippen molar-refractivity contribution in [1.82, 2.24) is 0 Å². The highest BCUT2D eigenvalue weighted by Gasteiger charge is 2.30. The van der Waals surface area contributed by atoms with Crippen LogP contribution in [0.25, 0.3) is 0 Å². The summed E-state index contributed by atoms with van der Waals surface area (Å²) in [6.07, 6.45) is 5.08. The first kappa shape index (κ1) is 14.8. The molecule has 1 fully saturated rings. The van der Waals surface area contributed by atoms with Crippen molar-refractivity contribution < 1.29 is 4.79 Å². The summed E-state index contributed by atoms with van der Waals surface area (Å²) in [6.45, 7) is 0. The van der Waals surface area contributed by atoms with Crippen molar-refractivity contribution in [2.24, 2.45) is 5.92 Å². The van der Waals surface area contributed by atoms with E-state index in [-0.39, 0.29) is 12.0 Å². The van der Waals surface area contributed by atoms with Crippen molar-refractivity contribution in [2.75, 3.05) is 5.32 Å². The second kappa shape index (κ2) is 7.26. The Morgan fingerprint density at radius 2 is 1.55 bits per heavy atom. The van der Waals surface area contributed by atoms with Gasteiger partial charge in [-0.1, -0.05) is 61.4 Å². The van der Waals surface area contributed by atoms with Crippen LogP contribution < -0.4 is 5.32 Å². The molecule has 1 aliphatic carbocycles. The molecule has 2 aromatic carbocycles. The highest BCUT2D eigenvalue weighted by molar-refractivity contribution is 5.82. The second-order valence-electron chi connectivity index (χ2n) is 6.07. The van der Waals surface area contributed by atoms with Crippen LogP contribution in [-0.2, 0) is 4.79 Å². The lowest BCUT2D eigenvalue weighted by Crippen LogP contribution is -2.27. The molecular formula is C20H23NO. The number of hydrogen-bond acceptors (Lipinski definition) is 2. The Labute approximate surface area is 132 Å². The molecule has 0 amide bonds. The molecular weight excluding hydrogens is 270 g/mol. The fourth-order valence-electron chi connectivity index (χ4n) is 3.33. The molecule has 0 aromatic heterocycles. The third-order valence-corrected chi connectivity index (χ3v) is 4.51. The SMILES string of the molecule is O=C1CCCCC[C@H]1[C@H](Nc1ccccc1)c1ccccc1. The average Bonchev–Trinajstić information content (AvgIpc) is 2.79. The smallest absolute Gasteiger partial charge is 0.138 e. The first-order chi connectivity index (χ1) is 10.8. The number of carbonyl (C=O) groups excluding carboxylic acids is 1. The van der Waals surface area contributed by atoms with Crippen LogP contribution in [0.3, 0.4) is 0 Å². The van der Waals surface area contributed by atoms with Crippen molar-refractivity contribution in [2.45, 2.75) is 38.1 Å². The summed E-state index contributed by atoms with van der Waals surface area (Å²) in [5, 5.41) is 3.60. The van der Waals surface area contributed by atoms with E-state index in [0.29, 0.717) is 5.78 Å². The molecule has 3 rings (SSSR count). The zero-order valence-corrected chi connectivity index (χ0v) is 12.9. The van der Waals surface area contributed by atoms with Gasteiger partial charge in [-0.15, -0.1) is 0 Å². The third kappa shape index (κ3) is 3.56. The van der Waals surface area contributed by atoms with Gasteiger partial charge in [0.05, 0.1) is 6.04 Å². The lowest BCUT2D eigenvalue weighted by Gasteiger charge is -2.27. The molecule has 0 bridgehead atoms. The van der Waals surface area contributed by atoms with Crippen molar-refractivity contribution in [1.29, 1.82) is 0 Å². The highest BCUT2D eigenvalue weighted by atomic mass is 16.1. The molecule has 0 heterocycles. The maximum Gasteiger partial charge on any atom is 0.138 e. The fourth-order valence-corrected chi connectivity index (χ4v) is 3.33. The number of hydrogen-bond donors (Lipinski definition) is 1. The third-order valence-electron chi connectivity index (χ3n) is 4.51. The number of ketones is 1. The summed E-state index contributed by atoms with van der Waals surface area (Å²) in [4.78, 5) is 12.6. The topological polar surface area (TPSA) is 29.1 Å². The lowest BCUT2D eigenvalue weighted by atomic mass is 9.86. The average molecular weight is 293 g/mol. The van der Waals surface area contributed by atoms with Crippen LogP contribution in [0, 0.1) is 5.92 Å². The molecule has 1 N–H and O–H groups in total. The summed E-state index contributed by atoms with van der Waals surface area (Å²) in [7, 11) is 0. The molecule has 2 atom stereocenters. The van der Waals surface area contributed by atoms with E-state index < -0.39 is 0 Å². The fraction of sp³-hybridized carbons (Fsp3) is 0.350. The predicted molar refractivity (Wildman–Crippen MR) is 90.8 cm³/mol. The van der Waals surface area contributed by atoms with E-state index in [1.807, 2.05) is 24.3 Å². The van der Waals surface area contributed by atoms with E-state index in [1.165, 1.54) is 12.0 Å². The summed E-state index contributed by atoms with van der Waals surface area (Å²) in [5.74, 6) is 0.486. The molecule has 0 saturated heterocycles. The lowest BCUT2D eigenvalue weighted by molar-refractivity contribution is -0.123. The van der Waals surface area contributed by atoms with E-state index in [4.69, 9.17) is 0 Å². The first-order valence-electron chi connectivity index (χ1n) is 8.24. The van der Waals surface area contributed by atoms with Crippen LogP contribution in [-0.4, -0.2) is 5.78 Å². The number of para-hydroxylation sites is 1. The maximum atomic E-state index is 12.6. The van der Waals surface area contributed by atoms with E-state index >= 15 is 0 Å². The molecule has 2 aromatic rings. The summed E-state index contributed by atoms with van der Waals surface area (Å²) < 4.78 is 0. The summed E-state index contributed by atoms with van der Waals surface area (Å²) >= 11 is 0. The molecule has 0 unspecified atom stereocenters. The molecule has 1 aliphatic rings. The van der Waals surface area contributed by atoms with Crippen molar-refractivity contribution in [3.8, 4) is 0 Å². The van der Waals surface area contributed by atoms with Gasteiger partial charge in [0.1, 0.15) is 5.78 Å². The Morgan fingerprint density at radius 1 is 0.864 bits per heavy atom. The van der Waals surface area contributed by atoms with Crippen LogP contribution in [0.4, 0.5) is 5.69 Å². The van der Waals surface area contributed by atoms with Crippen molar-refractivity contribution in [3.63, 3.8) is 0 Å². The molecule has 0 spiro atoms. The standard InChI is InChI=1S/C20H23NO/c22-19-15-9-3-8-14-18(19)20(16-10-4-1-5-11-16)21-17-12-6-2-7-13-17/h1-2,4-7,10-13,18,20-21H,3,8-9,14-15H2/t18-,20-/m1/s1. The van der Waals surface area contributed by atoms with Crippen LogP contribution >= 0.6 is 0 Å². The molecule has 1 saturated carbocycles. The van der Waals surface area contributed by atoms with Gasteiger partial charge in [0.2, 0.25) is 0 Å². The van der Waals surface area contributed by atoms with Gasteiger partial charge in [0.25, 0.3) is 0 Å². The molecule has 0 radical (unpaired) electrons. The number of anilines is 1. The largest absolute Gasteiger partial charge is 0.378 e. The minimum Gasteiger partial charge on any atom is -0.378 e. The first-order valence-corrected chi connectivity index (χ1v) is 8.24. The Balaban J connectivity index is 1.90.